The van der Waals surface area contributed by atoms with Gasteiger partial charge in [-0.3, -0.25) is 0 Å². The molecule has 1 aromatic rings. The molecule has 0 aromatic carbocycles. The van der Waals surface area contributed by atoms with Crippen molar-refractivity contribution in [2.75, 3.05) is 0 Å². The van der Waals surface area contributed by atoms with Gasteiger partial charge in [-0.05, 0) is 13.0 Å². The van der Waals surface area contributed by atoms with Crippen molar-refractivity contribution in [1.29, 1.82) is 0 Å². The molecule has 3 heteroatoms. The van der Waals surface area contributed by atoms with Crippen LogP contribution in [0.2, 0.25) is 5.15 Å². The highest BCUT2D eigenvalue weighted by atomic mass is 35.5. The molecule has 0 aliphatic carbocycles. The van der Waals surface area contributed by atoms with Crippen molar-refractivity contribution in [3.63, 3.8) is 0 Å². The van der Waals surface area contributed by atoms with Crippen LogP contribution in [0, 0.1) is 0 Å². The molecule has 1 aromatic heterocycles. The number of aromatic nitrogens is 1. The predicted octanol–water partition coefficient (Wildman–Crippen LogP) is 2.06. The van der Waals surface area contributed by atoms with Gasteiger partial charge >= 0.3 is 0 Å². The van der Waals surface area contributed by atoms with Crippen LogP contribution in [-0.2, 0) is 6.42 Å². The number of rotatable bonds is 0. The Kier molecular flexibility index (Phi) is 1.50. The molecule has 0 radical (unpaired) electrons. The van der Waals surface area contributed by atoms with E-state index in [9.17, 15) is 0 Å². The van der Waals surface area contributed by atoms with E-state index in [0.29, 0.717) is 11.0 Å². The number of nitrogens with zero attached hydrogens (tertiary/aromatic N) is 1. The summed E-state index contributed by atoms with van der Waals surface area (Å²) in [4.78, 5) is 4.05. The predicted molar refractivity (Wildman–Crippen MR) is 43.0 cm³/mol. The van der Waals surface area contributed by atoms with Crippen LogP contribution in [-0.4, -0.2) is 11.1 Å². The van der Waals surface area contributed by atoms with Crippen molar-refractivity contribution in [2.45, 2.75) is 19.4 Å². The monoisotopic (exact) mass is 169 g/mol. The molecule has 0 spiro atoms. The van der Waals surface area contributed by atoms with Crippen molar-refractivity contribution in [3.05, 3.63) is 22.8 Å². The standard InChI is InChI=1S/C8H8ClNO/c1-5-4-6-2-3-7(9)10-8(6)11-5/h2-3,5H,4H2,1H3. The minimum absolute atomic E-state index is 0.246. The first-order valence-corrected chi connectivity index (χ1v) is 3.95. The number of ether oxygens (including phenoxy) is 1. The fourth-order valence-electron chi connectivity index (χ4n) is 1.25. The first kappa shape index (κ1) is 6.92. The summed E-state index contributed by atoms with van der Waals surface area (Å²) in [6, 6.07) is 3.76. The maximum Gasteiger partial charge on any atom is 0.218 e. The summed E-state index contributed by atoms with van der Waals surface area (Å²) in [5.41, 5.74) is 1.15. The molecule has 58 valence electrons. The fraction of sp³-hybridized carbons (Fsp3) is 0.375. The third kappa shape index (κ3) is 1.18. The molecular formula is C8H8ClNO. The van der Waals surface area contributed by atoms with Crippen molar-refractivity contribution in [2.24, 2.45) is 0 Å². The molecule has 0 fully saturated rings. The van der Waals surface area contributed by atoms with Gasteiger partial charge in [-0.2, -0.15) is 0 Å². The maximum atomic E-state index is 5.68. The number of hydrogen-bond donors (Lipinski definition) is 0. The number of fused-ring (bicyclic) bond motifs is 1. The molecule has 0 bridgehead atoms. The molecule has 0 amide bonds. The van der Waals surface area contributed by atoms with Gasteiger partial charge in [0.25, 0.3) is 0 Å². The van der Waals surface area contributed by atoms with Crippen LogP contribution in [0.3, 0.4) is 0 Å². The van der Waals surface area contributed by atoms with Gasteiger partial charge in [-0.25, -0.2) is 4.98 Å². The molecule has 0 N–H and O–H groups in total. The molecule has 1 aliphatic rings. The van der Waals surface area contributed by atoms with Crippen LogP contribution in [0.5, 0.6) is 5.88 Å². The van der Waals surface area contributed by atoms with Gasteiger partial charge < -0.3 is 4.74 Å². The van der Waals surface area contributed by atoms with Gasteiger partial charge in [0.1, 0.15) is 11.3 Å². The molecule has 2 nitrogen and oxygen atoms in total. The van der Waals surface area contributed by atoms with E-state index < -0.39 is 0 Å². The van der Waals surface area contributed by atoms with E-state index in [1.54, 1.807) is 6.07 Å². The summed E-state index contributed by atoms with van der Waals surface area (Å²) < 4.78 is 5.39. The average Bonchev–Trinajstić information content (AvgIpc) is 2.27. The van der Waals surface area contributed by atoms with E-state index in [1.165, 1.54) is 0 Å². The Morgan fingerprint density at radius 3 is 3.27 bits per heavy atom. The van der Waals surface area contributed by atoms with Gasteiger partial charge in [-0.1, -0.05) is 17.7 Å². The highest BCUT2D eigenvalue weighted by molar-refractivity contribution is 6.29. The number of halogens is 1. The lowest BCUT2D eigenvalue weighted by Gasteiger charge is -2.00. The van der Waals surface area contributed by atoms with Crippen LogP contribution in [0.15, 0.2) is 12.1 Å². The van der Waals surface area contributed by atoms with Gasteiger partial charge in [0, 0.05) is 12.0 Å². The Hall–Kier alpha value is -0.760. The zero-order chi connectivity index (χ0) is 7.84. The van der Waals surface area contributed by atoms with E-state index in [1.807, 2.05) is 13.0 Å². The van der Waals surface area contributed by atoms with Crippen molar-refractivity contribution in [3.8, 4) is 5.88 Å². The van der Waals surface area contributed by atoms with E-state index in [0.717, 1.165) is 12.0 Å². The van der Waals surface area contributed by atoms with E-state index >= 15 is 0 Å². The second-order valence-electron chi connectivity index (χ2n) is 2.73. The van der Waals surface area contributed by atoms with E-state index in [2.05, 4.69) is 4.98 Å². The Morgan fingerprint density at radius 2 is 2.45 bits per heavy atom. The Labute approximate surface area is 70.2 Å². The number of hydrogen-bond acceptors (Lipinski definition) is 2. The molecule has 2 heterocycles. The fourth-order valence-corrected chi connectivity index (χ4v) is 1.39. The van der Waals surface area contributed by atoms with Gasteiger partial charge in [-0.15, -0.1) is 0 Å². The maximum absolute atomic E-state index is 5.68. The normalized spacial score (nSPS) is 21.1. The third-order valence-electron chi connectivity index (χ3n) is 1.73. The van der Waals surface area contributed by atoms with E-state index in [4.69, 9.17) is 16.3 Å². The summed E-state index contributed by atoms with van der Waals surface area (Å²) in [6.07, 6.45) is 1.19. The molecule has 1 aliphatic heterocycles. The third-order valence-corrected chi connectivity index (χ3v) is 1.94. The summed E-state index contributed by atoms with van der Waals surface area (Å²) >= 11 is 5.68. The minimum Gasteiger partial charge on any atom is -0.474 e. The van der Waals surface area contributed by atoms with Crippen LogP contribution < -0.4 is 4.74 Å². The van der Waals surface area contributed by atoms with Crippen molar-refractivity contribution in [1.82, 2.24) is 4.98 Å². The summed E-state index contributed by atoms with van der Waals surface area (Å²) in [7, 11) is 0. The Bertz CT molecular complexity index is 287. The molecule has 0 saturated carbocycles. The van der Waals surface area contributed by atoms with Crippen molar-refractivity contribution < 1.29 is 4.74 Å². The summed E-state index contributed by atoms with van der Waals surface area (Å²) in [5, 5.41) is 0.498. The molecule has 2 rings (SSSR count). The molecular weight excluding hydrogens is 162 g/mol. The summed E-state index contributed by atoms with van der Waals surface area (Å²) in [5.74, 6) is 0.699. The Morgan fingerprint density at radius 1 is 1.64 bits per heavy atom. The lowest BCUT2D eigenvalue weighted by molar-refractivity contribution is 0.246. The van der Waals surface area contributed by atoms with Crippen molar-refractivity contribution >= 4 is 11.6 Å². The zero-order valence-electron chi connectivity index (χ0n) is 6.17. The molecule has 1 atom stereocenters. The van der Waals surface area contributed by atoms with Crippen LogP contribution in [0.1, 0.15) is 12.5 Å². The summed E-state index contributed by atoms with van der Waals surface area (Å²) in [6.45, 7) is 2.02. The van der Waals surface area contributed by atoms with Gasteiger partial charge in [0.15, 0.2) is 0 Å². The quantitative estimate of drug-likeness (QED) is 0.555. The van der Waals surface area contributed by atoms with Gasteiger partial charge in [0.05, 0.1) is 0 Å². The largest absolute Gasteiger partial charge is 0.474 e. The average molecular weight is 170 g/mol. The Balaban J connectivity index is 2.43. The zero-order valence-corrected chi connectivity index (χ0v) is 6.93. The minimum atomic E-state index is 0.246. The highest BCUT2D eigenvalue weighted by Crippen LogP contribution is 2.27. The van der Waals surface area contributed by atoms with E-state index in [-0.39, 0.29) is 6.10 Å². The SMILES string of the molecule is CC1Cc2ccc(Cl)nc2O1. The highest BCUT2D eigenvalue weighted by Gasteiger charge is 2.19. The smallest absolute Gasteiger partial charge is 0.218 e. The van der Waals surface area contributed by atoms with Gasteiger partial charge in [0.2, 0.25) is 5.88 Å². The number of pyridine rings is 1. The lowest BCUT2D eigenvalue weighted by atomic mass is 10.2. The second kappa shape index (κ2) is 2.38. The molecule has 0 saturated heterocycles. The van der Waals surface area contributed by atoms with Crippen LogP contribution in [0.25, 0.3) is 0 Å². The molecule has 1 unspecified atom stereocenters. The topological polar surface area (TPSA) is 22.1 Å². The molecule has 11 heavy (non-hydrogen) atoms. The first-order chi connectivity index (χ1) is 5.25. The first-order valence-electron chi connectivity index (χ1n) is 3.58. The lowest BCUT2D eigenvalue weighted by Crippen LogP contribution is -2.05. The van der Waals surface area contributed by atoms with Crippen LogP contribution in [0.4, 0.5) is 0 Å². The van der Waals surface area contributed by atoms with Crippen LogP contribution >= 0.6 is 11.6 Å². The second-order valence-corrected chi connectivity index (χ2v) is 3.12.